The molecule has 1 saturated heterocycles. The third-order valence-corrected chi connectivity index (χ3v) is 2.85. The topological polar surface area (TPSA) is 21.3 Å². The Labute approximate surface area is 73.1 Å². The zero-order valence-corrected chi connectivity index (χ0v) is 8.12. The second-order valence-electron chi connectivity index (χ2n) is 3.08. The number of rotatable bonds is 3. The molecule has 1 aliphatic heterocycles. The number of hydrogen-bond acceptors (Lipinski definition) is 3. The van der Waals surface area contributed by atoms with Crippen LogP contribution < -0.4 is 5.32 Å². The first-order valence-electron chi connectivity index (χ1n) is 4.23. The zero-order valence-electron chi connectivity index (χ0n) is 7.30. The summed E-state index contributed by atoms with van der Waals surface area (Å²) in [6.07, 6.45) is 0.441. The van der Waals surface area contributed by atoms with E-state index in [0.717, 1.165) is 30.7 Å². The zero-order chi connectivity index (χ0) is 8.10. The van der Waals surface area contributed by atoms with Gasteiger partial charge < -0.3 is 10.1 Å². The Morgan fingerprint density at radius 2 is 2.45 bits per heavy atom. The Hall–Kier alpha value is 0.270. The van der Waals surface area contributed by atoms with Crippen LogP contribution in [-0.2, 0) is 4.74 Å². The molecule has 0 aliphatic carbocycles. The van der Waals surface area contributed by atoms with Crippen molar-refractivity contribution in [2.75, 3.05) is 25.4 Å². The Bertz CT molecular complexity index is 102. The molecule has 0 aromatic heterocycles. The van der Waals surface area contributed by atoms with Crippen LogP contribution >= 0.6 is 11.8 Å². The van der Waals surface area contributed by atoms with Crippen molar-refractivity contribution in [1.82, 2.24) is 5.32 Å². The second-order valence-corrected chi connectivity index (χ2v) is 4.69. The van der Waals surface area contributed by atoms with E-state index >= 15 is 0 Å². The average Bonchev–Trinajstić information content (AvgIpc) is 2.03. The van der Waals surface area contributed by atoms with Gasteiger partial charge in [-0.1, -0.05) is 13.8 Å². The number of ether oxygens (including phenoxy) is 1. The van der Waals surface area contributed by atoms with Gasteiger partial charge in [0, 0.05) is 18.8 Å². The molecule has 1 unspecified atom stereocenters. The van der Waals surface area contributed by atoms with Gasteiger partial charge in [-0.05, 0) is 5.25 Å². The predicted octanol–water partition coefficient (Wildman–Crippen LogP) is 1.12. The second kappa shape index (κ2) is 5.01. The van der Waals surface area contributed by atoms with Crippen LogP contribution in [-0.4, -0.2) is 36.8 Å². The van der Waals surface area contributed by atoms with Gasteiger partial charge in [-0.15, -0.1) is 0 Å². The molecular weight excluding hydrogens is 158 g/mol. The van der Waals surface area contributed by atoms with E-state index in [1.165, 1.54) is 0 Å². The number of hydrogen-bond donors (Lipinski definition) is 1. The first kappa shape index (κ1) is 9.36. The van der Waals surface area contributed by atoms with Gasteiger partial charge in [0.25, 0.3) is 0 Å². The van der Waals surface area contributed by atoms with Gasteiger partial charge in [-0.25, -0.2) is 0 Å². The van der Waals surface area contributed by atoms with Crippen LogP contribution in [0.3, 0.4) is 0 Å². The van der Waals surface area contributed by atoms with Crippen LogP contribution in [0.1, 0.15) is 13.8 Å². The van der Waals surface area contributed by atoms with Gasteiger partial charge in [-0.2, -0.15) is 11.8 Å². The van der Waals surface area contributed by atoms with Gasteiger partial charge in [0.1, 0.15) is 0 Å². The van der Waals surface area contributed by atoms with Gasteiger partial charge in [0.2, 0.25) is 0 Å². The Morgan fingerprint density at radius 3 is 3.00 bits per heavy atom. The maximum absolute atomic E-state index is 5.54. The first-order valence-corrected chi connectivity index (χ1v) is 5.28. The highest BCUT2D eigenvalue weighted by atomic mass is 32.2. The highest BCUT2D eigenvalue weighted by Crippen LogP contribution is 2.12. The van der Waals surface area contributed by atoms with E-state index in [-0.39, 0.29) is 0 Å². The van der Waals surface area contributed by atoms with E-state index in [4.69, 9.17) is 4.74 Å². The normalized spacial score (nSPS) is 25.9. The summed E-state index contributed by atoms with van der Waals surface area (Å²) in [4.78, 5) is 0. The van der Waals surface area contributed by atoms with Gasteiger partial charge in [0.05, 0.1) is 12.7 Å². The van der Waals surface area contributed by atoms with Crippen molar-refractivity contribution in [3.63, 3.8) is 0 Å². The molecule has 0 amide bonds. The molecule has 1 atom stereocenters. The van der Waals surface area contributed by atoms with Crippen molar-refractivity contribution in [3.05, 3.63) is 0 Å². The number of morpholine rings is 1. The maximum Gasteiger partial charge on any atom is 0.0790 e. The Kier molecular flexibility index (Phi) is 4.26. The fourth-order valence-electron chi connectivity index (χ4n) is 1.03. The van der Waals surface area contributed by atoms with E-state index < -0.39 is 0 Å². The lowest BCUT2D eigenvalue weighted by Crippen LogP contribution is -2.39. The minimum Gasteiger partial charge on any atom is -0.375 e. The standard InChI is InChI=1S/C8H17NOS/c1-7(2)11-6-8-5-9-3-4-10-8/h7-9H,3-6H2,1-2H3. The van der Waals surface area contributed by atoms with Crippen molar-refractivity contribution >= 4 is 11.8 Å². The lowest BCUT2D eigenvalue weighted by molar-refractivity contribution is 0.0440. The van der Waals surface area contributed by atoms with Crippen molar-refractivity contribution < 1.29 is 4.74 Å². The van der Waals surface area contributed by atoms with Crippen molar-refractivity contribution in [1.29, 1.82) is 0 Å². The van der Waals surface area contributed by atoms with Crippen molar-refractivity contribution in [3.8, 4) is 0 Å². The van der Waals surface area contributed by atoms with E-state index in [2.05, 4.69) is 19.2 Å². The molecular formula is C8H17NOS. The molecule has 66 valence electrons. The minimum absolute atomic E-state index is 0.441. The molecule has 1 rings (SSSR count). The van der Waals surface area contributed by atoms with Crippen LogP contribution in [0.2, 0.25) is 0 Å². The summed E-state index contributed by atoms with van der Waals surface area (Å²) in [5, 5.41) is 4.04. The minimum atomic E-state index is 0.441. The van der Waals surface area contributed by atoms with E-state index in [1.54, 1.807) is 0 Å². The molecule has 1 heterocycles. The van der Waals surface area contributed by atoms with Gasteiger partial charge in [-0.3, -0.25) is 0 Å². The highest BCUT2D eigenvalue weighted by molar-refractivity contribution is 7.99. The lowest BCUT2D eigenvalue weighted by atomic mass is 10.3. The van der Waals surface area contributed by atoms with Crippen molar-refractivity contribution in [2.45, 2.75) is 25.2 Å². The summed E-state index contributed by atoms with van der Waals surface area (Å²) in [7, 11) is 0. The fraction of sp³-hybridized carbons (Fsp3) is 1.00. The van der Waals surface area contributed by atoms with Crippen LogP contribution in [0.4, 0.5) is 0 Å². The van der Waals surface area contributed by atoms with Crippen molar-refractivity contribution in [2.24, 2.45) is 0 Å². The number of thioether (sulfide) groups is 1. The monoisotopic (exact) mass is 175 g/mol. The third kappa shape index (κ3) is 3.99. The molecule has 3 heteroatoms. The predicted molar refractivity (Wildman–Crippen MR) is 50.2 cm³/mol. The summed E-state index contributed by atoms with van der Waals surface area (Å²) in [6, 6.07) is 0. The SMILES string of the molecule is CC(C)SCC1CNCCO1. The largest absolute Gasteiger partial charge is 0.375 e. The van der Waals surface area contributed by atoms with Crippen LogP contribution in [0, 0.1) is 0 Å². The fourth-order valence-corrected chi connectivity index (χ4v) is 1.84. The van der Waals surface area contributed by atoms with E-state index in [0.29, 0.717) is 6.10 Å². The summed E-state index contributed by atoms with van der Waals surface area (Å²) < 4.78 is 5.54. The lowest BCUT2D eigenvalue weighted by Gasteiger charge is -2.23. The smallest absolute Gasteiger partial charge is 0.0790 e. The molecule has 0 aromatic rings. The van der Waals surface area contributed by atoms with Gasteiger partial charge >= 0.3 is 0 Å². The van der Waals surface area contributed by atoms with Crippen LogP contribution in [0.15, 0.2) is 0 Å². The first-order chi connectivity index (χ1) is 5.29. The molecule has 0 bridgehead atoms. The maximum atomic E-state index is 5.54. The third-order valence-electron chi connectivity index (χ3n) is 1.62. The summed E-state index contributed by atoms with van der Waals surface area (Å²) in [5.41, 5.74) is 0. The molecule has 0 aromatic carbocycles. The molecule has 0 spiro atoms. The van der Waals surface area contributed by atoms with Crippen LogP contribution in [0.5, 0.6) is 0 Å². The molecule has 0 radical (unpaired) electrons. The highest BCUT2D eigenvalue weighted by Gasteiger charge is 2.13. The molecule has 0 saturated carbocycles. The average molecular weight is 175 g/mol. The molecule has 1 N–H and O–H groups in total. The quantitative estimate of drug-likeness (QED) is 0.694. The molecule has 1 aliphatic rings. The Balaban J connectivity index is 2.05. The summed E-state index contributed by atoms with van der Waals surface area (Å²) in [5.74, 6) is 1.13. The molecule has 2 nitrogen and oxygen atoms in total. The van der Waals surface area contributed by atoms with Crippen LogP contribution in [0.25, 0.3) is 0 Å². The number of nitrogens with one attached hydrogen (secondary N) is 1. The van der Waals surface area contributed by atoms with E-state index in [1.807, 2.05) is 11.8 Å². The summed E-state index contributed by atoms with van der Waals surface area (Å²) >= 11 is 1.97. The Morgan fingerprint density at radius 1 is 1.64 bits per heavy atom. The molecule has 1 fully saturated rings. The van der Waals surface area contributed by atoms with E-state index in [9.17, 15) is 0 Å². The molecule has 11 heavy (non-hydrogen) atoms. The van der Waals surface area contributed by atoms with Gasteiger partial charge in [0.15, 0.2) is 0 Å². The summed E-state index contributed by atoms with van der Waals surface area (Å²) in [6.45, 7) is 7.37.